The Hall–Kier alpha value is -3.09. The van der Waals surface area contributed by atoms with Crippen LogP contribution in [0.3, 0.4) is 0 Å². The number of carbonyl (C=O) groups excluding carboxylic acids is 1. The van der Waals surface area contributed by atoms with Gasteiger partial charge in [-0.2, -0.15) is 0 Å². The van der Waals surface area contributed by atoms with Crippen LogP contribution in [0, 0.1) is 17.8 Å². The number of likely N-dealkylation sites (N-methyl/N-ethyl adjacent to an activating group) is 1. The number of amides is 1. The number of nitrogens with one attached hydrogen (secondary N) is 1. The quantitative estimate of drug-likeness (QED) is 0.624. The lowest BCUT2D eigenvalue weighted by molar-refractivity contribution is 0.0762. The van der Waals surface area contributed by atoms with Crippen LogP contribution in [0.1, 0.15) is 43.9 Å². The van der Waals surface area contributed by atoms with Crippen molar-refractivity contribution in [1.29, 1.82) is 0 Å². The Morgan fingerprint density at radius 1 is 1.42 bits per heavy atom. The number of aromatic nitrogens is 3. The molecule has 0 fully saturated rings. The predicted molar refractivity (Wildman–Crippen MR) is 116 cm³/mol. The molecule has 0 saturated heterocycles. The van der Waals surface area contributed by atoms with E-state index in [1.54, 1.807) is 48.7 Å². The van der Waals surface area contributed by atoms with Gasteiger partial charge in [-0.25, -0.2) is 4.98 Å². The second kappa shape index (κ2) is 8.96. The maximum atomic E-state index is 12.6. The maximum Gasteiger partial charge on any atom is 0.291 e. The summed E-state index contributed by atoms with van der Waals surface area (Å²) in [6.07, 6.45) is 0.480. The molecule has 166 valence electrons. The molecule has 31 heavy (non-hydrogen) atoms. The Bertz CT molecular complexity index is 999. The van der Waals surface area contributed by atoms with Gasteiger partial charge in [-0.1, -0.05) is 25.7 Å². The lowest BCUT2D eigenvalue weighted by atomic mass is 10.1. The molecule has 1 aromatic carbocycles. The van der Waals surface area contributed by atoms with Crippen molar-refractivity contribution in [1.82, 2.24) is 20.1 Å². The van der Waals surface area contributed by atoms with Crippen LogP contribution in [0.5, 0.6) is 5.75 Å². The number of aliphatic hydroxyl groups excluding tert-OH is 1. The summed E-state index contributed by atoms with van der Waals surface area (Å²) in [4.78, 5) is 18.3. The molecule has 2 atom stereocenters. The molecule has 2 aromatic rings. The summed E-state index contributed by atoms with van der Waals surface area (Å²) in [5.74, 6) is 6.18. The number of aliphatic hydroxyl groups is 2. The SMILES string of the molecule is CC(C)Cn1cnc(C(=O)NC2COc3ccc(C#CC(C)(C)O)cc3N(C)C2O)n1. The van der Waals surface area contributed by atoms with Crippen molar-refractivity contribution in [2.45, 2.75) is 52.1 Å². The molecule has 2 heterocycles. The molecule has 0 aliphatic carbocycles. The van der Waals surface area contributed by atoms with Crippen LogP contribution >= 0.6 is 0 Å². The fraction of sp³-hybridized carbons (Fsp3) is 0.500. The summed E-state index contributed by atoms with van der Waals surface area (Å²) in [6.45, 7) is 8.05. The van der Waals surface area contributed by atoms with Crippen LogP contribution < -0.4 is 15.0 Å². The van der Waals surface area contributed by atoms with Crippen LogP contribution in [0.2, 0.25) is 0 Å². The van der Waals surface area contributed by atoms with E-state index in [-0.39, 0.29) is 12.4 Å². The van der Waals surface area contributed by atoms with Gasteiger partial charge in [0.15, 0.2) is 6.23 Å². The van der Waals surface area contributed by atoms with Crippen LogP contribution in [0.4, 0.5) is 5.69 Å². The Kier molecular flexibility index (Phi) is 6.53. The second-order valence-electron chi connectivity index (χ2n) is 8.59. The van der Waals surface area contributed by atoms with Crippen LogP contribution in [0.15, 0.2) is 24.5 Å². The molecule has 3 N–H and O–H groups in total. The highest BCUT2D eigenvalue weighted by molar-refractivity contribution is 5.90. The first-order valence-electron chi connectivity index (χ1n) is 10.2. The molecule has 1 aliphatic rings. The number of hydrogen-bond donors (Lipinski definition) is 3. The fourth-order valence-corrected chi connectivity index (χ4v) is 3.11. The minimum Gasteiger partial charge on any atom is -0.489 e. The average molecular weight is 428 g/mol. The summed E-state index contributed by atoms with van der Waals surface area (Å²) < 4.78 is 7.46. The lowest BCUT2D eigenvalue weighted by Crippen LogP contribution is -2.52. The van der Waals surface area contributed by atoms with Crippen molar-refractivity contribution >= 4 is 11.6 Å². The Labute approximate surface area is 182 Å². The van der Waals surface area contributed by atoms with Gasteiger partial charge in [0.25, 0.3) is 5.91 Å². The number of fused-ring (bicyclic) bond motifs is 1. The fourth-order valence-electron chi connectivity index (χ4n) is 3.11. The number of anilines is 1. The van der Waals surface area contributed by atoms with E-state index in [1.807, 2.05) is 0 Å². The molecule has 1 aromatic heterocycles. The van der Waals surface area contributed by atoms with E-state index in [0.29, 0.717) is 29.5 Å². The summed E-state index contributed by atoms with van der Waals surface area (Å²) >= 11 is 0. The van der Waals surface area contributed by atoms with E-state index in [4.69, 9.17) is 4.74 Å². The average Bonchev–Trinajstić information content (AvgIpc) is 3.11. The number of ether oxygens (including phenoxy) is 1. The molecule has 0 bridgehead atoms. The van der Waals surface area contributed by atoms with Crippen molar-refractivity contribution in [3.8, 4) is 17.6 Å². The van der Waals surface area contributed by atoms with Crippen molar-refractivity contribution in [3.63, 3.8) is 0 Å². The van der Waals surface area contributed by atoms with Gasteiger partial charge < -0.3 is 25.2 Å². The topological polar surface area (TPSA) is 113 Å². The van der Waals surface area contributed by atoms with Gasteiger partial charge in [-0.15, -0.1) is 5.10 Å². The van der Waals surface area contributed by atoms with Crippen LogP contribution in [-0.4, -0.2) is 62.4 Å². The van der Waals surface area contributed by atoms with E-state index in [2.05, 4.69) is 41.1 Å². The molecule has 3 rings (SSSR count). The largest absolute Gasteiger partial charge is 0.489 e. The van der Waals surface area contributed by atoms with Crippen molar-refractivity contribution in [2.24, 2.45) is 5.92 Å². The molecule has 2 unspecified atom stereocenters. The number of carbonyl (C=O) groups is 1. The van der Waals surface area contributed by atoms with Gasteiger partial charge >= 0.3 is 0 Å². The molecule has 0 spiro atoms. The van der Waals surface area contributed by atoms with Crippen molar-refractivity contribution in [3.05, 3.63) is 35.9 Å². The Balaban J connectivity index is 1.74. The van der Waals surface area contributed by atoms with E-state index in [1.165, 1.54) is 6.33 Å². The maximum absolute atomic E-state index is 12.6. The minimum absolute atomic E-state index is 0.0430. The first kappa shape index (κ1) is 22.6. The molecule has 0 radical (unpaired) electrons. The lowest BCUT2D eigenvalue weighted by Gasteiger charge is -2.28. The zero-order valence-electron chi connectivity index (χ0n) is 18.5. The number of nitrogens with zero attached hydrogens (tertiary/aromatic N) is 4. The summed E-state index contributed by atoms with van der Waals surface area (Å²) in [5, 5.41) is 27.6. The van der Waals surface area contributed by atoms with Crippen LogP contribution in [0.25, 0.3) is 0 Å². The molecule has 1 amide bonds. The second-order valence-corrected chi connectivity index (χ2v) is 8.59. The third kappa shape index (κ3) is 5.75. The monoisotopic (exact) mass is 427 g/mol. The highest BCUT2D eigenvalue weighted by Crippen LogP contribution is 2.32. The van der Waals surface area contributed by atoms with Gasteiger partial charge in [0, 0.05) is 19.2 Å². The molecule has 1 aliphatic heterocycles. The standard InChI is InChI=1S/C22H29N5O4/c1-14(2)11-27-13-23-19(25-27)20(28)24-16-12-31-18-7-6-15(8-9-22(3,4)30)10-17(18)26(5)21(16)29/h6-7,10,13-14,16,21,29-30H,11-12H2,1-5H3,(H,24,28). The first-order chi connectivity index (χ1) is 14.5. The van der Waals surface area contributed by atoms with Gasteiger partial charge in [0.05, 0.1) is 5.69 Å². The van der Waals surface area contributed by atoms with E-state index < -0.39 is 23.8 Å². The van der Waals surface area contributed by atoms with Gasteiger partial charge in [0.1, 0.15) is 30.3 Å². The summed E-state index contributed by atoms with van der Waals surface area (Å²) in [7, 11) is 1.71. The molecule has 9 heteroatoms. The van der Waals surface area contributed by atoms with Crippen molar-refractivity contribution < 1.29 is 19.7 Å². The van der Waals surface area contributed by atoms with E-state index in [9.17, 15) is 15.0 Å². The predicted octanol–water partition coefficient (Wildman–Crippen LogP) is 1.00. The highest BCUT2D eigenvalue weighted by atomic mass is 16.5. The molecular weight excluding hydrogens is 398 g/mol. The highest BCUT2D eigenvalue weighted by Gasteiger charge is 2.32. The number of benzene rings is 1. The molecule has 9 nitrogen and oxygen atoms in total. The third-order valence-electron chi connectivity index (χ3n) is 4.64. The zero-order valence-corrected chi connectivity index (χ0v) is 18.5. The third-order valence-corrected chi connectivity index (χ3v) is 4.64. The van der Waals surface area contributed by atoms with Gasteiger partial charge in [-0.05, 0) is 38.0 Å². The zero-order chi connectivity index (χ0) is 22.8. The number of rotatable bonds is 4. The Morgan fingerprint density at radius 2 is 2.16 bits per heavy atom. The number of hydrogen-bond acceptors (Lipinski definition) is 7. The molecular formula is C22H29N5O4. The minimum atomic E-state index is -1.11. The first-order valence-corrected chi connectivity index (χ1v) is 10.2. The molecule has 0 saturated carbocycles. The summed E-state index contributed by atoms with van der Waals surface area (Å²) in [6, 6.07) is 4.61. The van der Waals surface area contributed by atoms with Crippen LogP contribution in [-0.2, 0) is 6.54 Å². The van der Waals surface area contributed by atoms with Crippen molar-refractivity contribution in [2.75, 3.05) is 18.6 Å². The van der Waals surface area contributed by atoms with Gasteiger partial charge in [0.2, 0.25) is 5.82 Å². The normalized spacial score (nSPS) is 18.5. The van der Waals surface area contributed by atoms with Gasteiger partial charge in [-0.3, -0.25) is 9.48 Å². The van der Waals surface area contributed by atoms with E-state index in [0.717, 1.165) is 0 Å². The van der Waals surface area contributed by atoms with E-state index >= 15 is 0 Å². The smallest absolute Gasteiger partial charge is 0.291 e. The summed E-state index contributed by atoms with van der Waals surface area (Å²) in [5.41, 5.74) is 0.192. The Morgan fingerprint density at radius 3 is 2.84 bits per heavy atom.